The first-order valence-corrected chi connectivity index (χ1v) is 14.0. The molecule has 2 aliphatic carbocycles. The zero-order chi connectivity index (χ0) is 25.0. The summed E-state index contributed by atoms with van der Waals surface area (Å²) in [6.45, 7) is 4.85. The first-order chi connectivity index (χ1) is 17.3. The number of fused-ring (bicyclic) bond motifs is 3. The fourth-order valence-corrected chi connectivity index (χ4v) is 8.34. The Morgan fingerprint density at radius 3 is 2.22 bits per heavy atom. The first-order valence-electron chi connectivity index (χ1n) is 13.1. The number of amides is 2. The zero-order valence-corrected chi connectivity index (χ0v) is 22.0. The van der Waals surface area contributed by atoms with E-state index in [-0.39, 0.29) is 16.6 Å². The number of hydrogen-bond donors (Lipinski definition) is 1. The van der Waals surface area contributed by atoms with Crippen LogP contribution < -0.4 is 10.1 Å². The van der Waals surface area contributed by atoms with Gasteiger partial charge in [-0.25, -0.2) is 0 Å². The van der Waals surface area contributed by atoms with Crippen molar-refractivity contribution >= 4 is 33.7 Å². The highest BCUT2D eigenvalue weighted by atomic mass is 32.2. The van der Waals surface area contributed by atoms with E-state index in [4.69, 9.17) is 4.74 Å². The lowest BCUT2D eigenvalue weighted by Crippen LogP contribution is -2.42. The Kier molecular flexibility index (Phi) is 5.87. The van der Waals surface area contributed by atoms with E-state index in [1.54, 1.807) is 7.11 Å². The number of hydrogen-bond acceptors (Lipinski definition) is 4. The topological polar surface area (TPSA) is 55.4 Å². The molecule has 3 aromatic carbocycles. The molecule has 0 radical (unpaired) electrons. The van der Waals surface area contributed by atoms with Crippen molar-refractivity contribution < 1.29 is 14.3 Å². The van der Waals surface area contributed by atoms with Gasteiger partial charge in [0.2, 0.25) is 5.91 Å². The highest BCUT2D eigenvalue weighted by molar-refractivity contribution is 8.15. The molecular weight excluding hydrogens is 466 g/mol. The summed E-state index contributed by atoms with van der Waals surface area (Å²) in [4.78, 5) is 23.7. The second-order valence-electron chi connectivity index (χ2n) is 11.5. The van der Waals surface area contributed by atoms with Crippen LogP contribution in [0.4, 0.5) is 4.79 Å². The van der Waals surface area contributed by atoms with Crippen molar-refractivity contribution in [2.24, 2.45) is 17.8 Å². The van der Waals surface area contributed by atoms with Crippen molar-refractivity contribution in [2.75, 3.05) is 7.11 Å². The third-order valence-corrected chi connectivity index (χ3v) is 9.63. The van der Waals surface area contributed by atoms with Gasteiger partial charge in [-0.2, -0.15) is 0 Å². The Labute approximate surface area is 217 Å². The molecule has 4 nitrogen and oxygen atoms in total. The molecule has 1 saturated heterocycles. The quantitative estimate of drug-likeness (QED) is 0.401. The number of rotatable bonds is 4. The van der Waals surface area contributed by atoms with Gasteiger partial charge in [0.05, 0.1) is 7.11 Å². The Morgan fingerprint density at radius 2 is 1.53 bits per heavy atom. The molecule has 3 fully saturated rings. The van der Waals surface area contributed by atoms with Gasteiger partial charge in [0.1, 0.15) is 11.0 Å². The summed E-state index contributed by atoms with van der Waals surface area (Å²) in [7, 11) is 1.80. The van der Waals surface area contributed by atoms with Crippen LogP contribution in [0.15, 0.2) is 54.6 Å². The Bertz CT molecular complexity index is 1350. The van der Waals surface area contributed by atoms with Crippen LogP contribution in [0.1, 0.15) is 62.3 Å². The molecule has 36 heavy (non-hydrogen) atoms. The van der Waals surface area contributed by atoms with E-state index in [0.717, 1.165) is 51.6 Å². The fourth-order valence-electron chi connectivity index (χ4n) is 7.52. The van der Waals surface area contributed by atoms with Gasteiger partial charge >= 0.3 is 0 Å². The van der Waals surface area contributed by atoms with Gasteiger partial charge in [0.15, 0.2) is 0 Å². The minimum atomic E-state index is -0.468. The Morgan fingerprint density at radius 1 is 0.861 bits per heavy atom. The SMILES string of the molecule is COc1ccc(-c2ccc3cc(C4SC(=O)NC4=O)ccc3c2)cc1C12CC(C)CC(CC(C)C1)C2. The van der Waals surface area contributed by atoms with Crippen LogP contribution in [0.5, 0.6) is 5.75 Å². The molecule has 5 heteroatoms. The van der Waals surface area contributed by atoms with Crippen LogP contribution in [-0.4, -0.2) is 18.3 Å². The monoisotopic (exact) mass is 499 g/mol. The van der Waals surface area contributed by atoms with Crippen LogP contribution in [0, 0.1) is 17.8 Å². The summed E-state index contributed by atoms with van der Waals surface area (Å²) in [6.07, 6.45) is 6.47. The number of carbonyl (C=O) groups excluding carboxylic acids is 2. The molecule has 1 heterocycles. The lowest BCUT2D eigenvalue weighted by molar-refractivity contribution is -0.119. The predicted molar refractivity (Wildman–Crippen MR) is 146 cm³/mol. The zero-order valence-electron chi connectivity index (χ0n) is 21.2. The third-order valence-electron chi connectivity index (χ3n) is 8.59. The van der Waals surface area contributed by atoms with Crippen LogP contribution in [-0.2, 0) is 10.2 Å². The van der Waals surface area contributed by atoms with Gasteiger partial charge in [-0.3, -0.25) is 14.9 Å². The van der Waals surface area contributed by atoms with Crippen molar-refractivity contribution in [1.29, 1.82) is 0 Å². The molecule has 2 amide bonds. The van der Waals surface area contributed by atoms with Crippen molar-refractivity contribution in [3.05, 3.63) is 65.7 Å². The van der Waals surface area contributed by atoms with Crippen LogP contribution >= 0.6 is 11.8 Å². The molecule has 186 valence electrons. The van der Waals surface area contributed by atoms with E-state index in [1.807, 2.05) is 12.1 Å². The summed E-state index contributed by atoms with van der Waals surface area (Å²) in [5.74, 6) is 3.09. The van der Waals surface area contributed by atoms with Crippen LogP contribution in [0.2, 0.25) is 0 Å². The molecule has 1 aliphatic heterocycles. The lowest BCUT2D eigenvalue weighted by Gasteiger charge is -2.50. The highest BCUT2D eigenvalue weighted by Crippen LogP contribution is 2.56. The summed E-state index contributed by atoms with van der Waals surface area (Å²) >= 11 is 1.05. The fraction of sp³-hybridized carbons (Fsp3) is 0.419. The molecule has 0 spiro atoms. The number of carbonyl (C=O) groups is 2. The summed E-state index contributed by atoms with van der Waals surface area (Å²) in [6, 6.07) is 19.3. The molecule has 3 aromatic rings. The normalized spacial score (nSPS) is 29.9. The maximum atomic E-state index is 12.1. The smallest absolute Gasteiger partial charge is 0.286 e. The Hall–Kier alpha value is -2.79. The van der Waals surface area contributed by atoms with Crippen LogP contribution in [0.25, 0.3) is 21.9 Å². The molecular formula is C31H33NO3S. The largest absolute Gasteiger partial charge is 0.496 e. The number of methoxy groups -OCH3 is 1. The van der Waals surface area contributed by atoms with E-state index in [2.05, 4.69) is 61.6 Å². The average molecular weight is 500 g/mol. The predicted octanol–water partition coefficient (Wildman–Crippen LogP) is 7.64. The molecule has 1 N–H and O–H groups in total. The number of nitrogens with one attached hydrogen (secondary N) is 1. The summed E-state index contributed by atoms with van der Waals surface area (Å²) < 4.78 is 5.94. The number of imide groups is 1. The molecule has 2 saturated carbocycles. The first kappa shape index (κ1) is 23.6. The second-order valence-corrected chi connectivity index (χ2v) is 12.5. The van der Waals surface area contributed by atoms with E-state index in [1.165, 1.54) is 48.8 Å². The number of ether oxygens (including phenoxy) is 1. The van der Waals surface area contributed by atoms with E-state index in [9.17, 15) is 9.59 Å². The highest BCUT2D eigenvalue weighted by Gasteiger charge is 2.46. The summed E-state index contributed by atoms with van der Waals surface area (Å²) in [5, 5.41) is 3.83. The minimum Gasteiger partial charge on any atom is -0.496 e. The van der Waals surface area contributed by atoms with Gasteiger partial charge in [0.25, 0.3) is 5.24 Å². The van der Waals surface area contributed by atoms with E-state index in [0.29, 0.717) is 0 Å². The third kappa shape index (κ3) is 4.11. The van der Waals surface area contributed by atoms with E-state index < -0.39 is 5.25 Å². The van der Waals surface area contributed by atoms with Gasteiger partial charge in [-0.05, 0) is 119 Å². The maximum Gasteiger partial charge on any atom is 0.286 e. The van der Waals surface area contributed by atoms with Gasteiger partial charge < -0.3 is 4.74 Å². The van der Waals surface area contributed by atoms with Gasteiger partial charge in [0, 0.05) is 5.56 Å². The van der Waals surface area contributed by atoms with E-state index >= 15 is 0 Å². The van der Waals surface area contributed by atoms with Crippen molar-refractivity contribution in [3.8, 4) is 16.9 Å². The lowest BCUT2D eigenvalue weighted by atomic mass is 9.54. The standard InChI is InChI=1S/C31H33NO3S/c1-18-10-20-11-19(2)16-31(15-18,17-20)26-14-24(8-9-27(26)35-3)22-4-5-23-13-25(7-6-21(23)12-22)28-29(33)32-30(34)36-28/h4-9,12-14,18-20,28H,10-11,15-17H2,1-3H3,(H,32,33,34). The second kappa shape index (κ2) is 8.95. The molecule has 3 atom stereocenters. The van der Waals surface area contributed by atoms with Crippen molar-refractivity contribution in [1.82, 2.24) is 5.32 Å². The molecule has 2 bridgehead atoms. The summed E-state index contributed by atoms with van der Waals surface area (Å²) in [5.41, 5.74) is 4.85. The minimum absolute atomic E-state index is 0.198. The Balaban J connectivity index is 1.37. The van der Waals surface area contributed by atoms with Crippen molar-refractivity contribution in [3.63, 3.8) is 0 Å². The van der Waals surface area contributed by atoms with Gasteiger partial charge in [-0.15, -0.1) is 0 Å². The molecule has 3 aliphatic rings. The van der Waals surface area contributed by atoms with Crippen molar-refractivity contribution in [2.45, 2.75) is 56.6 Å². The van der Waals surface area contributed by atoms with Crippen LogP contribution in [0.3, 0.4) is 0 Å². The number of benzene rings is 3. The molecule has 0 aromatic heterocycles. The molecule has 6 rings (SSSR count). The molecule has 3 unspecified atom stereocenters. The average Bonchev–Trinajstić information content (AvgIpc) is 3.19. The number of thioether (sulfide) groups is 1. The van der Waals surface area contributed by atoms with Gasteiger partial charge in [-0.1, -0.05) is 44.2 Å². The maximum absolute atomic E-state index is 12.1.